The third kappa shape index (κ3) is 3.95. The highest BCUT2D eigenvalue weighted by molar-refractivity contribution is 9.10. The zero-order valence-electron chi connectivity index (χ0n) is 11.6. The van der Waals surface area contributed by atoms with Gasteiger partial charge in [0.15, 0.2) is 0 Å². The average Bonchev–Trinajstić information content (AvgIpc) is 2.77. The van der Waals surface area contributed by atoms with Crippen molar-refractivity contribution in [2.75, 3.05) is 7.11 Å². The van der Waals surface area contributed by atoms with Gasteiger partial charge in [-0.05, 0) is 25.1 Å². The molecule has 0 aliphatic carbocycles. The number of ether oxygens (including phenoxy) is 2. The van der Waals surface area contributed by atoms with Crippen LogP contribution in [0.2, 0.25) is 0 Å². The van der Waals surface area contributed by atoms with Crippen LogP contribution < -0.4 is 9.61 Å². The van der Waals surface area contributed by atoms with Gasteiger partial charge in [0, 0.05) is 21.1 Å². The van der Waals surface area contributed by atoms with Crippen LogP contribution in [0.25, 0.3) is 0 Å². The topological polar surface area (TPSA) is 57.5 Å². The maximum atomic E-state index is 11.8. The number of thiazole rings is 1. The Morgan fingerprint density at radius 3 is 2.81 bits per heavy atom. The number of carbonyl (C=O) groups excluding carboxylic acids is 1. The van der Waals surface area contributed by atoms with Crippen LogP contribution in [0.15, 0.2) is 32.8 Å². The number of hydrogen-bond donors (Lipinski definition) is 0. The van der Waals surface area contributed by atoms with Gasteiger partial charge in [-0.25, -0.2) is 0 Å². The number of hydrogen-bond acceptors (Lipinski definition) is 5. The van der Waals surface area contributed by atoms with Crippen molar-refractivity contribution < 1.29 is 14.3 Å². The molecule has 0 saturated heterocycles. The zero-order chi connectivity index (χ0) is 15.4. The highest BCUT2D eigenvalue weighted by Crippen LogP contribution is 2.23. The minimum absolute atomic E-state index is 0.0789. The predicted octanol–water partition coefficient (Wildman–Crippen LogP) is 2.73. The van der Waals surface area contributed by atoms with Crippen LogP contribution >= 0.6 is 27.3 Å². The summed E-state index contributed by atoms with van der Waals surface area (Å²) in [5.41, 5.74) is 1.51. The van der Waals surface area contributed by atoms with Crippen LogP contribution in [-0.2, 0) is 22.7 Å². The SMILES string of the molecule is COc1ccc(Br)cc1COC(=O)Cn1c(C)csc1=O. The van der Waals surface area contributed by atoms with Gasteiger partial charge in [-0.15, -0.1) is 0 Å². The van der Waals surface area contributed by atoms with Crippen molar-refractivity contribution in [2.45, 2.75) is 20.1 Å². The molecule has 0 atom stereocenters. The number of halogens is 1. The quantitative estimate of drug-likeness (QED) is 0.758. The van der Waals surface area contributed by atoms with E-state index < -0.39 is 5.97 Å². The Labute approximate surface area is 134 Å². The first kappa shape index (κ1) is 15.8. The van der Waals surface area contributed by atoms with Crippen molar-refractivity contribution in [1.29, 1.82) is 0 Å². The van der Waals surface area contributed by atoms with Gasteiger partial charge in [-0.1, -0.05) is 27.3 Å². The summed E-state index contributed by atoms with van der Waals surface area (Å²) in [4.78, 5) is 23.2. The van der Waals surface area contributed by atoms with E-state index in [1.54, 1.807) is 25.5 Å². The lowest BCUT2D eigenvalue weighted by Crippen LogP contribution is -2.22. The Balaban J connectivity index is 2.02. The summed E-state index contributed by atoms with van der Waals surface area (Å²) in [7, 11) is 1.56. The molecule has 0 N–H and O–H groups in total. The summed E-state index contributed by atoms with van der Waals surface area (Å²) < 4.78 is 12.7. The van der Waals surface area contributed by atoms with Crippen LogP contribution in [0.3, 0.4) is 0 Å². The molecule has 0 bridgehead atoms. The smallest absolute Gasteiger partial charge is 0.326 e. The first-order chi connectivity index (χ1) is 10.0. The number of nitrogens with zero attached hydrogens (tertiary/aromatic N) is 1. The molecule has 21 heavy (non-hydrogen) atoms. The maximum Gasteiger partial charge on any atom is 0.326 e. The molecule has 2 aromatic rings. The molecule has 1 aromatic carbocycles. The third-order valence-corrected chi connectivity index (χ3v) is 4.27. The van der Waals surface area contributed by atoms with E-state index in [4.69, 9.17) is 9.47 Å². The molecule has 7 heteroatoms. The fourth-order valence-corrected chi connectivity index (χ4v) is 2.93. The second kappa shape index (κ2) is 6.91. The van der Waals surface area contributed by atoms with Gasteiger partial charge in [0.25, 0.3) is 0 Å². The van der Waals surface area contributed by atoms with E-state index >= 15 is 0 Å². The van der Waals surface area contributed by atoms with Gasteiger partial charge in [0.1, 0.15) is 18.9 Å². The number of aryl methyl sites for hydroxylation is 1. The van der Waals surface area contributed by atoms with Crippen molar-refractivity contribution in [3.05, 3.63) is 49.0 Å². The Hall–Kier alpha value is -1.60. The maximum absolute atomic E-state index is 11.8. The lowest BCUT2D eigenvalue weighted by atomic mass is 10.2. The van der Waals surface area contributed by atoms with Crippen LogP contribution in [0.4, 0.5) is 0 Å². The first-order valence-corrected chi connectivity index (χ1v) is 7.81. The second-order valence-corrected chi connectivity index (χ2v) is 6.08. The first-order valence-electron chi connectivity index (χ1n) is 6.14. The van der Waals surface area contributed by atoms with Crippen molar-refractivity contribution in [2.24, 2.45) is 0 Å². The van der Waals surface area contributed by atoms with Crippen LogP contribution in [0.1, 0.15) is 11.3 Å². The monoisotopic (exact) mass is 371 g/mol. The molecular formula is C14H14BrNO4S. The molecular weight excluding hydrogens is 358 g/mol. The Morgan fingerprint density at radius 1 is 1.43 bits per heavy atom. The van der Waals surface area contributed by atoms with Crippen LogP contribution in [0, 0.1) is 6.92 Å². The van der Waals surface area contributed by atoms with Crippen molar-refractivity contribution in [3.8, 4) is 5.75 Å². The van der Waals surface area contributed by atoms with Gasteiger partial charge in [-0.3, -0.25) is 14.2 Å². The molecule has 112 valence electrons. The molecule has 1 heterocycles. The minimum atomic E-state index is -0.458. The van der Waals surface area contributed by atoms with E-state index in [1.165, 1.54) is 4.57 Å². The standard InChI is InChI=1S/C14H14BrNO4S/c1-9-8-21-14(18)16(9)6-13(17)20-7-10-5-11(15)3-4-12(10)19-2/h3-5,8H,6-7H2,1-2H3. The highest BCUT2D eigenvalue weighted by atomic mass is 79.9. The molecule has 5 nitrogen and oxygen atoms in total. The summed E-state index contributed by atoms with van der Waals surface area (Å²) in [6.07, 6.45) is 0. The highest BCUT2D eigenvalue weighted by Gasteiger charge is 2.11. The largest absolute Gasteiger partial charge is 0.496 e. The summed E-state index contributed by atoms with van der Waals surface area (Å²) in [6.45, 7) is 1.80. The zero-order valence-corrected chi connectivity index (χ0v) is 14.0. The average molecular weight is 372 g/mol. The fourth-order valence-electron chi connectivity index (χ4n) is 1.79. The Kier molecular flexibility index (Phi) is 5.19. The molecule has 0 aliphatic heterocycles. The fraction of sp³-hybridized carbons (Fsp3) is 0.286. The normalized spacial score (nSPS) is 10.4. The molecule has 0 unspecified atom stereocenters. The molecule has 0 radical (unpaired) electrons. The molecule has 1 aromatic heterocycles. The lowest BCUT2D eigenvalue weighted by Gasteiger charge is -2.10. The molecule has 2 rings (SSSR count). The molecule has 0 spiro atoms. The lowest BCUT2D eigenvalue weighted by molar-refractivity contribution is -0.145. The van der Waals surface area contributed by atoms with E-state index in [1.807, 2.05) is 12.1 Å². The molecule has 0 fully saturated rings. The van der Waals surface area contributed by atoms with Gasteiger partial charge in [0.2, 0.25) is 0 Å². The number of carbonyl (C=O) groups is 1. The van der Waals surface area contributed by atoms with Crippen LogP contribution in [-0.4, -0.2) is 17.6 Å². The van der Waals surface area contributed by atoms with Crippen molar-refractivity contribution in [1.82, 2.24) is 4.57 Å². The van der Waals surface area contributed by atoms with Gasteiger partial charge in [0.05, 0.1) is 7.11 Å². The summed E-state index contributed by atoms with van der Waals surface area (Å²) in [5, 5.41) is 1.72. The Bertz CT molecular complexity index is 707. The summed E-state index contributed by atoms with van der Waals surface area (Å²) >= 11 is 4.43. The third-order valence-electron chi connectivity index (χ3n) is 2.89. The van der Waals surface area contributed by atoms with Gasteiger partial charge < -0.3 is 9.47 Å². The molecule has 0 saturated carbocycles. The van der Waals surface area contributed by atoms with Gasteiger partial charge >= 0.3 is 10.8 Å². The van der Waals surface area contributed by atoms with Crippen molar-refractivity contribution in [3.63, 3.8) is 0 Å². The number of esters is 1. The van der Waals surface area contributed by atoms with E-state index in [-0.39, 0.29) is 18.0 Å². The minimum Gasteiger partial charge on any atom is -0.496 e. The number of aromatic nitrogens is 1. The molecule has 0 aliphatic rings. The predicted molar refractivity (Wildman–Crippen MR) is 83.8 cm³/mol. The second-order valence-electron chi connectivity index (χ2n) is 4.35. The van der Waals surface area contributed by atoms with E-state index in [2.05, 4.69) is 15.9 Å². The Morgan fingerprint density at radius 2 is 2.19 bits per heavy atom. The van der Waals surface area contributed by atoms with E-state index in [0.29, 0.717) is 5.75 Å². The molecule has 0 amide bonds. The van der Waals surface area contributed by atoms with Gasteiger partial charge in [-0.2, -0.15) is 0 Å². The number of methoxy groups -OCH3 is 1. The summed E-state index contributed by atoms with van der Waals surface area (Å²) in [5.74, 6) is 0.190. The van der Waals surface area contributed by atoms with E-state index in [9.17, 15) is 9.59 Å². The van der Waals surface area contributed by atoms with E-state index in [0.717, 1.165) is 27.1 Å². The number of benzene rings is 1. The number of rotatable bonds is 5. The summed E-state index contributed by atoms with van der Waals surface area (Å²) in [6, 6.07) is 5.47. The van der Waals surface area contributed by atoms with Crippen LogP contribution in [0.5, 0.6) is 5.75 Å². The van der Waals surface area contributed by atoms with Crippen molar-refractivity contribution >= 4 is 33.2 Å².